The maximum atomic E-state index is 15.8. The van der Waals surface area contributed by atoms with Crippen molar-refractivity contribution in [3.05, 3.63) is 48.2 Å². The first-order chi connectivity index (χ1) is 16.5. The van der Waals surface area contributed by atoms with Crippen molar-refractivity contribution in [1.82, 2.24) is 9.97 Å². The average molecular weight is 481 g/mol. The maximum Gasteiger partial charge on any atom is 0.412 e. The van der Waals surface area contributed by atoms with E-state index in [4.69, 9.17) is 4.74 Å². The van der Waals surface area contributed by atoms with Crippen molar-refractivity contribution in [2.75, 3.05) is 17.2 Å². The van der Waals surface area contributed by atoms with Crippen molar-refractivity contribution in [3.63, 3.8) is 0 Å². The molecule has 0 spiro atoms. The molecule has 1 saturated carbocycles. The van der Waals surface area contributed by atoms with Crippen molar-refractivity contribution in [2.24, 2.45) is 17.8 Å². The van der Waals surface area contributed by atoms with Crippen LogP contribution < -0.4 is 10.6 Å². The lowest BCUT2D eigenvalue weighted by atomic mass is 9.98. The van der Waals surface area contributed by atoms with Gasteiger partial charge in [0.25, 0.3) is 0 Å². The number of aliphatic hydroxyl groups excluding tert-OH is 1. The van der Waals surface area contributed by atoms with Gasteiger partial charge in [-0.1, -0.05) is 6.92 Å². The van der Waals surface area contributed by atoms with Crippen molar-refractivity contribution in [1.29, 1.82) is 0 Å². The van der Waals surface area contributed by atoms with Crippen LogP contribution in [0.15, 0.2) is 36.8 Å². The quantitative estimate of drug-likeness (QED) is 0.479. The molecular weight excluding hydrogens is 451 g/mol. The molecule has 1 aromatic carbocycles. The van der Waals surface area contributed by atoms with Gasteiger partial charge in [0, 0.05) is 47.6 Å². The van der Waals surface area contributed by atoms with E-state index in [9.17, 15) is 14.7 Å². The molecule has 8 nitrogen and oxygen atoms in total. The van der Waals surface area contributed by atoms with E-state index < -0.39 is 17.5 Å². The Morgan fingerprint density at radius 1 is 1.17 bits per heavy atom. The first-order valence-corrected chi connectivity index (χ1v) is 11.4. The molecule has 4 rings (SSSR count). The average Bonchev–Trinajstić information content (AvgIpc) is 3.44. The second-order valence-corrected chi connectivity index (χ2v) is 9.94. The number of nitrogens with zero attached hydrogens (tertiary/aromatic N) is 2. The molecule has 1 aliphatic carbocycles. The van der Waals surface area contributed by atoms with Gasteiger partial charge < -0.3 is 15.2 Å². The first kappa shape index (κ1) is 24.5. The fraction of sp³-hybridized carbons (Fsp3) is 0.385. The van der Waals surface area contributed by atoms with Crippen molar-refractivity contribution in [2.45, 2.75) is 40.2 Å². The molecule has 0 radical (unpaired) electrons. The number of carbonyl (C=O) groups is 2. The Kier molecular flexibility index (Phi) is 6.46. The minimum Gasteiger partial charge on any atom is -0.444 e. The number of hydrogen-bond donors (Lipinski definition) is 3. The third-order valence-electron chi connectivity index (χ3n) is 6.24. The zero-order valence-corrected chi connectivity index (χ0v) is 20.3. The normalized spacial score (nSPS) is 19.3. The number of hydrogen-bond acceptors (Lipinski definition) is 6. The Morgan fingerprint density at radius 2 is 1.91 bits per heavy atom. The van der Waals surface area contributed by atoms with Gasteiger partial charge in [0.05, 0.1) is 5.69 Å². The van der Waals surface area contributed by atoms with Crippen LogP contribution in [0.5, 0.6) is 0 Å². The molecule has 0 aliphatic heterocycles. The number of carbonyl (C=O) groups excluding carboxylic acids is 2. The standard InChI is InChI=1S/C26H29FN4O4/c1-13-6-7-28-10-17(13)16-8-15-9-20(30-24(33)21-14(2)19(21)12-32)29-11-18(15)23(22(16)27)31-25(34)35-26(3,4)5/h6-11,14,19,21,32H,12H2,1-5H3,(H,31,34)(H,29,30,33). The van der Waals surface area contributed by atoms with E-state index in [0.717, 1.165) is 5.56 Å². The lowest BCUT2D eigenvalue weighted by Crippen LogP contribution is -2.27. The van der Waals surface area contributed by atoms with E-state index >= 15 is 4.39 Å². The fourth-order valence-electron chi connectivity index (χ4n) is 4.28. The lowest BCUT2D eigenvalue weighted by Gasteiger charge is -2.21. The third kappa shape index (κ3) is 5.09. The van der Waals surface area contributed by atoms with E-state index in [1.54, 1.807) is 51.4 Å². The Balaban J connectivity index is 1.77. The Hall–Kier alpha value is -3.59. The number of aromatic nitrogens is 2. The number of aryl methyl sites for hydroxylation is 1. The highest BCUT2D eigenvalue weighted by Gasteiger charge is 2.51. The summed E-state index contributed by atoms with van der Waals surface area (Å²) >= 11 is 0. The van der Waals surface area contributed by atoms with Gasteiger partial charge in [0.15, 0.2) is 5.82 Å². The van der Waals surface area contributed by atoms with Crippen LogP contribution in [-0.4, -0.2) is 39.3 Å². The molecule has 0 saturated heterocycles. The van der Waals surface area contributed by atoms with Crippen LogP contribution in [0.3, 0.4) is 0 Å². The second-order valence-electron chi connectivity index (χ2n) is 9.94. The number of pyridine rings is 2. The maximum absolute atomic E-state index is 15.8. The SMILES string of the molecule is Cc1ccncc1-c1cc2cc(NC(=O)C3C(C)C3CO)ncc2c(NC(=O)OC(C)(C)C)c1F. The fourth-order valence-corrected chi connectivity index (χ4v) is 4.28. The van der Waals surface area contributed by atoms with Gasteiger partial charge in [0.2, 0.25) is 5.91 Å². The summed E-state index contributed by atoms with van der Waals surface area (Å²) in [6.07, 6.45) is 3.78. The summed E-state index contributed by atoms with van der Waals surface area (Å²) < 4.78 is 21.1. The molecular formula is C26H29FN4O4. The molecule has 184 valence electrons. The molecule has 1 aliphatic rings. The predicted molar refractivity (Wildman–Crippen MR) is 131 cm³/mol. The van der Waals surface area contributed by atoms with Crippen LogP contribution in [0.4, 0.5) is 20.7 Å². The summed E-state index contributed by atoms with van der Waals surface area (Å²) in [7, 11) is 0. The topological polar surface area (TPSA) is 113 Å². The van der Waals surface area contributed by atoms with Crippen LogP contribution in [0.2, 0.25) is 0 Å². The zero-order chi connectivity index (χ0) is 25.5. The molecule has 9 heteroatoms. The van der Waals surface area contributed by atoms with E-state index in [0.29, 0.717) is 22.2 Å². The number of nitrogens with one attached hydrogen (secondary N) is 2. The highest BCUT2D eigenvalue weighted by Crippen LogP contribution is 2.46. The molecule has 2 heterocycles. The number of halogens is 1. The summed E-state index contributed by atoms with van der Waals surface area (Å²) in [6, 6.07) is 5.04. The third-order valence-corrected chi connectivity index (χ3v) is 6.24. The van der Waals surface area contributed by atoms with Gasteiger partial charge in [-0.05, 0) is 68.7 Å². The number of ether oxygens (including phenoxy) is 1. The summed E-state index contributed by atoms with van der Waals surface area (Å²) in [5.74, 6) is -0.809. The molecule has 0 bridgehead atoms. The Bertz CT molecular complexity index is 1300. The highest BCUT2D eigenvalue weighted by atomic mass is 19.1. The van der Waals surface area contributed by atoms with Crippen LogP contribution in [-0.2, 0) is 9.53 Å². The number of anilines is 2. The minimum absolute atomic E-state index is 0.0444. The lowest BCUT2D eigenvalue weighted by molar-refractivity contribution is -0.118. The minimum atomic E-state index is -0.798. The molecule has 3 N–H and O–H groups in total. The molecule has 1 fully saturated rings. The summed E-state index contributed by atoms with van der Waals surface area (Å²) in [6.45, 7) is 8.86. The van der Waals surface area contributed by atoms with Crippen molar-refractivity contribution in [3.8, 4) is 11.1 Å². The van der Waals surface area contributed by atoms with Gasteiger partial charge in [0.1, 0.15) is 11.4 Å². The van der Waals surface area contributed by atoms with Gasteiger partial charge in [-0.25, -0.2) is 14.2 Å². The number of benzene rings is 1. The van der Waals surface area contributed by atoms with Crippen LogP contribution in [0.25, 0.3) is 21.9 Å². The first-order valence-electron chi connectivity index (χ1n) is 11.4. The molecule has 2 aromatic heterocycles. The van der Waals surface area contributed by atoms with Gasteiger partial charge in [-0.15, -0.1) is 0 Å². The van der Waals surface area contributed by atoms with Crippen LogP contribution >= 0.6 is 0 Å². The van der Waals surface area contributed by atoms with Crippen molar-refractivity contribution >= 4 is 34.3 Å². The number of rotatable bonds is 5. The van der Waals surface area contributed by atoms with E-state index in [1.165, 1.54) is 6.20 Å². The molecule has 2 amide bonds. The van der Waals surface area contributed by atoms with Gasteiger partial charge in [-0.3, -0.25) is 15.1 Å². The summed E-state index contributed by atoms with van der Waals surface area (Å²) in [5.41, 5.74) is 0.780. The smallest absolute Gasteiger partial charge is 0.412 e. The largest absolute Gasteiger partial charge is 0.444 e. The summed E-state index contributed by atoms with van der Waals surface area (Å²) in [4.78, 5) is 33.5. The monoisotopic (exact) mass is 480 g/mol. The van der Waals surface area contributed by atoms with Crippen molar-refractivity contribution < 1.29 is 23.8 Å². The van der Waals surface area contributed by atoms with Gasteiger partial charge >= 0.3 is 6.09 Å². The number of fused-ring (bicyclic) bond motifs is 1. The number of aliphatic hydroxyl groups is 1. The van der Waals surface area contributed by atoms with Crippen LogP contribution in [0.1, 0.15) is 33.3 Å². The van der Waals surface area contributed by atoms with Gasteiger partial charge in [-0.2, -0.15) is 0 Å². The Labute approximate surface area is 202 Å². The van der Waals surface area contributed by atoms with E-state index in [2.05, 4.69) is 20.6 Å². The van der Waals surface area contributed by atoms with E-state index in [1.807, 2.05) is 13.8 Å². The summed E-state index contributed by atoms with van der Waals surface area (Å²) in [5, 5.41) is 15.6. The molecule has 35 heavy (non-hydrogen) atoms. The second kappa shape index (κ2) is 9.22. The highest BCUT2D eigenvalue weighted by molar-refractivity contribution is 6.04. The molecule has 3 atom stereocenters. The zero-order valence-electron chi connectivity index (χ0n) is 20.3. The van der Waals surface area contributed by atoms with E-state index in [-0.39, 0.29) is 41.5 Å². The van der Waals surface area contributed by atoms with Crippen LogP contribution in [0, 0.1) is 30.5 Å². The molecule has 3 aromatic rings. The molecule has 3 unspecified atom stereocenters. The Morgan fingerprint density at radius 3 is 2.54 bits per heavy atom. The number of amides is 2. The predicted octanol–water partition coefficient (Wildman–Crippen LogP) is 4.90.